The third-order valence-corrected chi connectivity index (χ3v) is 5.12. The molecule has 2 aliphatic heterocycles. The Hall–Kier alpha value is -0.260. The zero-order chi connectivity index (χ0) is 12.3. The standard InChI is InChI=1S/C12H23N3OS/c1-9-11(4-7-17-9)14-10-2-5-15(6-3-10)8-12(13)16/h9-11,14H,2-8H2,1H3,(H2,13,16). The van der Waals surface area contributed by atoms with Crippen LogP contribution in [0, 0.1) is 0 Å². The summed E-state index contributed by atoms with van der Waals surface area (Å²) < 4.78 is 0. The van der Waals surface area contributed by atoms with Gasteiger partial charge in [0.15, 0.2) is 0 Å². The van der Waals surface area contributed by atoms with Crippen LogP contribution in [-0.2, 0) is 4.79 Å². The molecule has 4 nitrogen and oxygen atoms in total. The fraction of sp³-hybridized carbons (Fsp3) is 0.917. The number of thioether (sulfide) groups is 1. The molecule has 3 N–H and O–H groups in total. The second kappa shape index (κ2) is 6.07. The molecule has 0 aromatic rings. The van der Waals surface area contributed by atoms with E-state index in [4.69, 9.17) is 5.73 Å². The van der Waals surface area contributed by atoms with Gasteiger partial charge >= 0.3 is 0 Å². The molecule has 98 valence electrons. The van der Waals surface area contributed by atoms with Gasteiger partial charge in [-0.05, 0) is 25.0 Å². The zero-order valence-electron chi connectivity index (χ0n) is 10.5. The van der Waals surface area contributed by atoms with Gasteiger partial charge in [-0.25, -0.2) is 0 Å². The lowest BCUT2D eigenvalue weighted by molar-refractivity contribution is -0.119. The van der Waals surface area contributed by atoms with Crippen molar-refractivity contribution in [3.05, 3.63) is 0 Å². The molecule has 2 unspecified atom stereocenters. The molecule has 2 fully saturated rings. The minimum absolute atomic E-state index is 0.211. The normalized spacial score (nSPS) is 31.8. The van der Waals surface area contributed by atoms with E-state index in [2.05, 4.69) is 28.9 Å². The maximum Gasteiger partial charge on any atom is 0.231 e. The van der Waals surface area contributed by atoms with Gasteiger partial charge in [-0.3, -0.25) is 9.69 Å². The smallest absolute Gasteiger partial charge is 0.231 e. The number of hydrogen-bond acceptors (Lipinski definition) is 4. The van der Waals surface area contributed by atoms with Gasteiger partial charge in [0.1, 0.15) is 0 Å². The fourth-order valence-electron chi connectivity index (χ4n) is 2.73. The van der Waals surface area contributed by atoms with Crippen molar-refractivity contribution in [2.24, 2.45) is 5.73 Å². The summed E-state index contributed by atoms with van der Waals surface area (Å²) in [5.74, 6) is 1.08. The van der Waals surface area contributed by atoms with Crippen molar-refractivity contribution in [3.8, 4) is 0 Å². The van der Waals surface area contributed by atoms with Crippen molar-refractivity contribution >= 4 is 17.7 Å². The molecule has 2 heterocycles. The predicted molar refractivity (Wildman–Crippen MR) is 72.1 cm³/mol. The molecular formula is C12H23N3OS. The number of carbonyl (C=O) groups is 1. The third kappa shape index (κ3) is 3.86. The second-order valence-corrected chi connectivity index (χ2v) is 6.64. The lowest BCUT2D eigenvalue weighted by Crippen LogP contribution is -2.49. The number of nitrogens with two attached hydrogens (primary N) is 1. The summed E-state index contributed by atoms with van der Waals surface area (Å²) in [6, 6.07) is 1.32. The Morgan fingerprint density at radius 3 is 2.65 bits per heavy atom. The molecule has 0 aliphatic carbocycles. The molecule has 2 atom stereocenters. The minimum Gasteiger partial charge on any atom is -0.369 e. The number of carbonyl (C=O) groups excluding carboxylic acids is 1. The summed E-state index contributed by atoms with van der Waals surface area (Å²) in [5, 5.41) is 4.53. The van der Waals surface area contributed by atoms with E-state index in [1.54, 1.807) is 0 Å². The Labute approximate surface area is 108 Å². The number of rotatable bonds is 4. The van der Waals surface area contributed by atoms with E-state index in [0.717, 1.165) is 31.2 Å². The average molecular weight is 257 g/mol. The SMILES string of the molecule is CC1SCCC1NC1CCN(CC(N)=O)CC1. The van der Waals surface area contributed by atoms with Crippen LogP contribution in [-0.4, -0.2) is 53.5 Å². The lowest BCUT2D eigenvalue weighted by Gasteiger charge is -2.33. The first-order valence-electron chi connectivity index (χ1n) is 6.53. The highest BCUT2D eigenvalue weighted by molar-refractivity contribution is 8.00. The van der Waals surface area contributed by atoms with Crippen molar-refractivity contribution < 1.29 is 4.79 Å². The molecule has 0 spiro atoms. The van der Waals surface area contributed by atoms with Crippen molar-refractivity contribution in [2.45, 2.75) is 43.5 Å². The first kappa shape index (κ1) is 13.2. The molecule has 1 amide bonds. The zero-order valence-corrected chi connectivity index (χ0v) is 11.3. The summed E-state index contributed by atoms with van der Waals surface area (Å²) >= 11 is 2.07. The largest absolute Gasteiger partial charge is 0.369 e. The van der Waals surface area contributed by atoms with Crippen molar-refractivity contribution in [3.63, 3.8) is 0 Å². The summed E-state index contributed by atoms with van der Waals surface area (Å²) in [4.78, 5) is 13.0. The van der Waals surface area contributed by atoms with Crippen LogP contribution in [0.25, 0.3) is 0 Å². The number of primary amides is 1. The highest BCUT2D eigenvalue weighted by Gasteiger charge is 2.28. The number of piperidine rings is 1. The maximum atomic E-state index is 10.8. The Morgan fingerprint density at radius 1 is 1.41 bits per heavy atom. The second-order valence-electron chi connectivity index (χ2n) is 5.15. The summed E-state index contributed by atoms with van der Waals surface area (Å²) in [6.07, 6.45) is 3.58. The monoisotopic (exact) mass is 257 g/mol. The van der Waals surface area contributed by atoms with Crippen LogP contribution in [0.2, 0.25) is 0 Å². The van der Waals surface area contributed by atoms with Crippen LogP contribution in [0.1, 0.15) is 26.2 Å². The molecule has 0 aromatic heterocycles. The van der Waals surface area contributed by atoms with Gasteiger partial charge in [0.2, 0.25) is 5.91 Å². The van der Waals surface area contributed by atoms with E-state index >= 15 is 0 Å². The van der Waals surface area contributed by atoms with Crippen LogP contribution >= 0.6 is 11.8 Å². The summed E-state index contributed by atoms with van der Waals surface area (Å²) in [5.41, 5.74) is 5.21. The molecule has 17 heavy (non-hydrogen) atoms. The molecule has 0 bridgehead atoms. The van der Waals surface area contributed by atoms with Gasteiger partial charge in [-0.15, -0.1) is 0 Å². The number of nitrogens with zero attached hydrogens (tertiary/aromatic N) is 1. The first-order valence-corrected chi connectivity index (χ1v) is 7.58. The summed E-state index contributed by atoms with van der Waals surface area (Å²) in [7, 11) is 0. The van der Waals surface area contributed by atoms with Crippen molar-refractivity contribution in [1.29, 1.82) is 0 Å². The molecule has 0 aromatic carbocycles. The fourth-order valence-corrected chi connectivity index (χ4v) is 3.94. The number of hydrogen-bond donors (Lipinski definition) is 2. The number of amides is 1. The Bertz CT molecular complexity index is 266. The van der Waals surface area contributed by atoms with Gasteiger partial charge in [-0.1, -0.05) is 6.92 Å². The predicted octanol–water partition coefficient (Wildman–Crippen LogP) is 0.420. The van der Waals surface area contributed by atoms with E-state index in [0.29, 0.717) is 18.6 Å². The topological polar surface area (TPSA) is 58.4 Å². The van der Waals surface area contributed by atoms with Gasteiger partial charge in [0.05, 0.1) is 6.54 Å². The van der Waals surface area contributed by atoms with E-state index in [-0.39, 0.29) is 5.91 Å². The Morgan fingerprint density at radius 2 is 2.12 bits per heavy atom. The van der Waals surface area contributed by atoms with E-state index in [1.165, 1.54) is 12.2 Å². The summed E-state index contributed by atoms with van der Waals surface area (Å²) in [6.45, 7) is 4.73. The van der Waals surface area contributed by atoms with Crippen LogP contribution in [0.3, 0.4) is 0 Å². The van der Waals surface area contributed by atoms with Crippen LogP contribution < -0.4 is 11.1 Å². The van der Waals surface area contributed by atoms with E-state index in [1.807, 2.05) is 0 Å². The third-order valence-electron chi connectivity index (χ3n) is 3.79. The molecule has 2 aliphatic rings. The average Bonchev–Trinajstić information content (AvgIpc) is 2.67. The van der Waals surface area contributed by atoms with Crippen LogP contribution in [0.15, 0.2) is 0 Å². The minimum atomic E-state index is -0.211. The van der Waals surface area contributed by atoms with Gasteiger partial charge in [-0.2, -0.15) is 11.8 Å². The molecule has 0 radical (unpaired) electrons. The Balaban J connectivity index is 1.70. The van der Waals surface area contributed by atoms with Crippen LogP contribution in [0.5, 0.6) is 0 Å². The molecule has 2 rings (SSSR count). The number of likely N-dealkylation sites (tertiary alicyclic amines) is 1. The highest BCUT2D eigenvalue weighted by Crippen LogP contribution is 2.27. The van der Waals surface area contributed by atoms with Crippen molar-refractivity contribution in [2.75, 3.05) is 25.4 Å². The van der Waals surface area contributed by atoms with E-state index in [9.17, 15) is 4.79 Å². The van der Waals surface area contributed by atoms with Crippen molar-refractivity contribution in [1.82, 2.24) is 10.2 Å². The molecule has 2 saturated heterocycles. The van der Waals surface area contributed by atoms with Gasteiger partial charge in [0.25, 0.3) is 0 Å². The van der Waals surface area contributed by atoms with Gasteiger partial charge in [0, 0.05) is 30.4 Å². The van der Waals surface area contributed by atoms with Gasteiger partial charge < -0.3 is 11.1 Å². The van der Waals surface area contributed by atoms with E-state index < -0.39 is 0 Å². The Kier molecular flexibility index (Phi) is 4.70. The molecule has 0 saturated carbocycles. The molecular weight excluding hydrogens is 234 g/mol. The quantitative estimate of drug-likeness (QED) is 0.766. The first-order chi connectivity index (χ1) is 8.15. The number of nitrogens with one attached hydrogen (secondary N) is 1. The molecule has 5 heteroatoms. The lowest BCUT2D eigenvalue weighted by atomic mass is 10.0. The van der Waals surface area contributed by atoms with Crippen LogP contribution in [0.4, 0.5) is 0 Å². The highest BCUT2D eigenvalue weighted by atomic mass is 32.2. The maximum absolute atomic E-state index is 10.8.